The van der Waals surface area contributed by atoms with E-state index in [1.807, 2.05) is 25.1 Å². The number of piperazine rings is 1. The molecule has 0 spiro atoms. The minimum atomic E-state index is -0.0277. The van der Waals surface area contributed by atoms with Crippen LogP contribution < -0.4 is 10.2 Å². The van der Waals surface area contributed by atoms with E-state index in [-0.39, 0.29) is 11.2 Å². The van der Waals surface area contributed by atoms with Crippen molar-refractivity contribution in [1.29, 1.82) is 0 Å². The average molecular weight is 384 g/mol. The molecule has 3 rings (SSSR count). The van der Waals surface area contributed by atoms with E-state index in [1.165, 1.54) is 11.3 Å². The van der Waals surface area contributed by atoms with E-state index in [2.05, 4.69) is 57.6 Å². The zero-order valence-electron chi connectivity index (χ0n) is 16.0. The minimum absolute atomic E-state index is 0.0277. The first-order valence-corrected chi connectivity index (χ1v) is 10.7. The predicted octanol–water partition coefficient (Wildman–Crippen LogP) is 3.25. The number of anilines is 1. The monoisotopic (exact) mass is 383 g/mol. The topological polar surface area (TPSA) is 35.6 Å². The molecule has 1 N–H and O–H groups in total. The molecule has 5 heteroatoms. The highest BCUT2D eigenvalue weighted by molar-refractivity contribution is 7.99. The van der Waals surface area contributed by atoms with Crippen LogP contribution in [0.4, 0.5) is 5.69 Å². The molecule has 0 radical (unpaired) electrons. The van der Waals surface area contributed by atoms with Gasteiger partial charge in [0.2, 0.25) is 5.91 Å². The van der Waals surface area contributed by atoms with Crippen LogP contribution in [-0.2, 0) is 10.5 Å². The van der Waals surface area contributed by atoms with Crippen LogP contribution in [0, 0.1) is 0 Å². The molecule has 4 nitrogen and oxygen atoms in total. The first kappa shape index (κ1) is 19.8. The summed E-state index contributed by atoms with van der Waals surface area (Å²) in [6, 6.07) is 20.9. The third kappa shape index (κ3) is 6.29. The van der Waals surface area contributed by atoms with E-state index in [0.717, 1.165) is 45.0 Å². The van der Waals surface area contributed by atoms with E-state index >= 15 is 0 Å². The zero-order valence-corrected chi connectivity index (χ0v) is 16.8. The number of hydrogen-bond donors (Lipinski definition) is 1. The van der Waals surface area contributed by atoms with Crippen molar-refractivity contribution in [1.82, 2.24) is 10.2 Å². The Kier molecular flexibility index (Phi) is 7.60. The fourth-order valence-corrected chi connectivity index (χ4v) is 4.09. The molecule has 0 bridgehead atoms. The Morgan fingerprint density at radius 3 is 2.30 bits per heavy atom. The molecule has 2 aromatic carbocycles. The van der Waals surface area contributed by atoms with E-state index in [1.54, 1.807) is 11.8 Å². The standard InChI is InChI=1S/C22H29N3OS/c1-19(27-18-20-8-4-2-5-9-20)22(26)23-12-13-24-14-16-25(17-15-24)21-10-6-3-7-11-21/h2-11,19H,12-18H2,1H3,(H,23,26). The lowest BCUT2D eigenvalue weighted by Crippen LogP contribution is -2.48. The molecular formula is C22H29N3OS. The van der Waals surface area contributed by atoms with Crippen molar-refractivity contribution in [2.24, 2.45) is 0 Å². The molecule has 0 aliphatic carbocycles. The first-order chi connectivity index (χ1) is 13.2. The third-order valence-corrected chi connectivity index (χ3v) is 6.15. The van der Waals surface area contributed by atoms with Gasteiger partial charge in [0.25, 0.3) is 0 Å². The number of carbonyl (C=O) groups is 1. The zero-order chi connectivity index (χ0) is 18.9. The minimum Gasteiger partial charge on any atom is -0.369 e. The van der Waals surface area contributed by atoms with Crippen molar-refractivity contribution in [2.45, 2.75) is 17.9 Å². The molecule has 0 aromatic heterocycles. The van der Waals surface area contributed by atoms with Gasteiger partial charge in [0, 0.05) is 50.7 Å². The van der Waals surface area contributed by atoms with Gasteiger partial charge in [-0.1, -0.05) is 48.5 Å². The van der Waals surface area contributed by atoms with Crippen LogP contribution in [0.1, 0.15) is 12.5 Å². The summed E-state index contributed by atoms with van der Waals surface area (Å²) in [5, 5.41) is 3.07. The number of nitrogens with one attached hydrogen (secondary N) is 1. The van der Waals surface area contributed by atoms with Gasteiger partial charge in [0.15, 0.2) is 0 Å². The highest BCUT2D eigenvalue weighted by Gasteiger charge is 2.18. The van der Waals surface area contributed by atoms with Crippen LogP contribution in [0.2, 0.25) is 0 Å². The Morgan fingerprint density at radius 2 is 1.63 bits per heavy atom. The second kappa shape index (κ2) is 10.4. The van der Waals surface area contributed by atoms with Crippen LogP contribution >= 0.6 is 11.8 Å². The molecule has 0 saturated carbocycles. The van der Waals surface area contributed by atoms with Crippen molar-refractivity contribution in [3.63, 3.8) is 0 Å². The van der Waals surface area contributed by atoms with Gasteiger partial charge in [-0.2, -0.15) is 0 Å². The van der Waals surface area contributed by atoms with Gasteiger partial charge in [-0.25, -0.2) is 0 Å². The third-order valence-electron chi connectivity index (χ3n) is 4.93. The molecule has 1 amide bonds. The van der Waals surface area contributed by atoms with Crippen molar-refractivity contribution in [3.8, 4) is 0 Å². The van der Waals surface area contributed by atoms with E-state index < -0.39 is 0 Å². The predicted molar refractivity (Wildman–Crippen MR) is 115 cm³/mol. The maximum absolute atomic E-state index is 12.3. The number of hydrogen-bond acceptors (Lipinski definition) is 4. The number of benzene rings is 2. The van der Waals surface area contributed by atoms with Crippen molar-refractivity contribution in [2.75, 3.05) is 44.2 Å². The lowest BCUT2D eigenvalue weighted by atomic mass is 10.2. The van der Waals surface area contributed by atoms with Crippen LogP contribution in [-0.4, -0.2) is 55.3 Å². The van der Waals surface area contributed by atoms with E-state index in [4.69, 9.17) is 0 Å². The molecule has 1 saturated heterocycles. The molecule has 27 heavy (non-hydrogen) atoms. The summed E-state index contributed by atoms with van der Waals surface area (Å²) in [6.45, 7) is 7.81. The number of rotatable bonds is 8. The highest BCUT2D eigenvalue weighted by Crippen LogP contribution is 2.18. The number of thioether (sulfide) groups is 1. The molecule has 1 fully saturated rings. The van der Waals surface area contributed by atoms with Gasteiger partial charge in [-0.05, 0) is 24.6 Å². The van der Waals surface area contributed by atoms with Crippen LogP contribution in [0.25, 0.3) is 0 Å². The van der Waals surface area contributed by atoms with Crippen LogP contribution in [0.3, 0.4) is 0 Å². The van der Waals surface area contributed by atoms with E-state index in [9.17, 15) is 4.79 Å². The smallest absolute Gasteiger partial charge is 0.232 e. The Balaban J connectivity index is 1.31. The average Bonchev–Trinajstić information content (AvgIpc) is 2.74. The Hall–Kier alpha value is -1.98. The Labute approximate surface area is 166 Å². The summed E-state index contributed by atoms with van der Waals surface area (Å²) in [7, 11) is 0. The largest absolute Gasteiger partial charge is 0.369 e. The molecule has 1 heterocycles. The van der Waals surface area contributed by atoms with Crippen molar-refractivity contribution >= 4 is 23.4 Å². The van der Waals surface area contributed by atoms with Gasteiger partial charge in [0.1, 0.15) is 0 Å². The quantitative estimate of drug-likeness (QED) is 0.759. The van der Waals surface area contributed by atoms with Crippen LogP contribution in [0.15, 0.2) is 60.7 Å². The molecule has 144 valence electrons. The summed E-state index contributed by atoms with van der Waals surface area (Å²) in [5.74, 6) is 1.01. The summed E-state index contributed by atoms with van der Waals surface area (Å²) in [5.41, 5.74) is 2.56. The fourth-order valence-electron chi connectivity index (χ4n) is 3.22. The van der Waals surface area contributed by atoms with Gasteiger partial charge in [-0.15, -0.1) is 11.8 Å². The highest BCUT2D eigenvalue weighted by atomic mass is 32.2. The van der Waals surface area contributed by atoms with Crippen LogP contribution in [0.5, 0.6) is 0 Å². The van der Waals surface area contributed by atoms with Crippen molar-refractivity contribution < 1.29 is 4.79 Å². The van der Waals surface area contributed by atoms with Gasteiger partial charge in [-0.3, -0.25) is 9.69 Å². The maximum atomic E-state index is 12.3. The molecule has 1 atom stereocenters. The lowest BCUT2D eigenvalue weighted by molar-refractivity contribution is -0.120. The molecule has 1 aliphatic rings. The van der Waals surface area contributed by atoms with Crippen molar-refractivity contribution in [3.05, 3.63) is 66.2 Å². The van der Waals surface area contributed by atoms with Gasteiger partial charge >= 0.3 is 0 Å². The summed E-state index contributed by atoms with van der Waals surface area (Å²) in [4.78, 5) is 17.1. The number of nitrogens with zero attached hydrogens (tertiary/aromatic N) is 2. The molecule has 1 aliphatic heterocycles. The van der Waals surface area contributed by atoms with Gasteiger partial charge in [0.05, 0.1) is 5.25 Å². The number of amides is 1. The molecular weight excluding hydrogens is 354 g/mol. The van der Waals surface area contributed by atoms with Gasteiger partial charge < -0.3 is 10.2 Å². The maximum Gasteiger partial charge on any atom is 0.232 e. The second-order valence-corrected chi connectivity index (χ2v) is 8.22. The Bertz CT molecular complexity index is 687. The summed E-state index contributed by atoms with van der Waals surface area (Å²) < 4.78 is 0. The first-order valence-electron chi connectivity index (χ1n) is 9.68. The number of para-hydroxylation sites is 1. The molecule has 1 unspecified atom stereocenters. The number of carbonyl (C=O) groups excluding carboxylic acids is 1. The normalized spacial score (nSPS) is 16.1. The van der Waals surface area contributed by atoms with E-state index in [0.29, 0.717) is 0 Å². The summed E-state index contributed by atoms with van der Waals surface area (Å²) >= 11 is 1.69. The molecule has 2 aromatic rings. The SMILES string of the molecule is CC(SCc1ccccc1)C(=O)NCCN1CCN(c2ccccc2)CC1. The lowest BCUT2D eigenvalue weighted by Gasteiger charge is -2.36. The fraction of sp³-hybridized carbons (Fsp3) is 0.409. The summed E-state index contributed by atoms with van der Waals surface area (Å²) in [6.07, 6.45) is 0. The second-order valence-electron chi connectivity index (χ2n) is 6.89. The Morgan fingerprint density at radius 1 is 1.00 bits per heavy atom.